The highest BCUT2D eigenvalue weighted by molar-refractivity contribution is 5.77. The highest BCUT2D eigenvalue weighted by atomic mass is 16.2. The lowest BCUT2D eigenvalue weighted by molar-refractivity contribution is 0.459. The van der Waals surface area contributed by atoms with Gasteiger partial charge in [0.25, 0.3) is 5.56 Å². The predicted octanol–water partition coefficient (Wildman–Crippen LogP) is 1.12. The van der Waals surface area contributed by atoms with Crippen molar-refractivity contribution < 1.29 is 0 Å². The van der Waals surface area contributed by atoms with Crippen LogP contribution in [-0.4, -0.2) is 22.7 Å². The largest absolute Gasteiger partial charge is 0.347 e. The van der Waals surface area contributed by atoms with Crippen molar-refractivity contribution in [2.24, 2.45) is 0 Å². The molecule has 1 aromatic carbocycles. The maximum Gasteiger partial charge on any atom is 0.347 e. The topological polar surface area (TPSA) is 58.1 Å². The molecule has 1 aromatic heterocycles. The second-order valence-corrected chi connectivity index (χ2v) is 5.11. The highest BCUT2D eigenvalue weighted by Gasteiger charge is 2.16. The Balaban J connectivity index is 2.24. The van der Waals surface area contributed by atoms with Crippen LogP contribution < -0.4 is 16.3 Å². The summed E-state index contributed by atoms with van der Waals surface area (Å²) in [5, 5.41) is 2.43. The molecule has 0 unspecified atom stereocenters. The van der Waals surface area contributed by atoms with Crippen molar-refractivity contribution in [3.8, 4) is 0 Å². The summed E-state index contributed by atoms with van der Waals surface area (Å²) in [6, 6.07) is 5.50. The van der Waals surface area contributed by atoms with Gasteiger partial charge in [-0.3, -0.25) is 4.79 Å². The standard InChI is InChI=1S/C14H17N3O2/c1-10-5-6-12-11(9-10)13(18)17(14(19)15-12)16-7-3-2-4-8-16/h5-6,9H,2-4,7-8H2,1H3,(H,15,19). The molecule has 0 aliphatic carbocycles. The van der Waals surface area contributed by atoms with Crippen LogP contribution in [0.1, 0.15) is 24.8 Å². The van der Waals surface area contributed by atoms with E-state index in [1.165, 1.54) is 4.68 Å². The summed E-state index contributed by atoms with van der Waals surface area (Å²) in [6.07, 6.45) is 3.21. The lowest BCUT2D eigenvalue weighted by Gasteiger charge is -2.29. The second-order valence-electron chi connectivity index (χ2n) is 5.11. The van der Waals surface area contributed by atoms with Gasteiger partial charge in [0.15, 0.2) is 0 Å². The third kappa shape index (κ3) is 2.05. The van der Waals surface area contributed by atoms with Crippen molar-refractivity contribution in [1.82, 2.24) is 9.66 Å². The smallest absolute Gasteiger partial charge is 0.306 e. The first-order chi connectivity index (χ1) is 9.16. The Morgan fingerprint density at radius 1 is 1.11 bits per heavy atom. The number of aryl methyl sites for hydroxylation is 1. The van der Waals surface area contributed by atoms with E-state index in [1.807, 2.05) is 24.1 Å². The van der Waals surface area contributed by atoms with Crippen LogP contribution >= 0.6 is 0 Å². The van der Waals surface area contributed by atoms with Gasteiger partial charge in [0.1, 0.15) is 0 Å². The van der Waals surface area contributed by atoms with Gasteiger partial charge in [-0.15, -0.1) is 0 Å². The van der Waals surface area contributed by atoms with Gasteiger partial charge in [-0.2, -0.15) is 4.68 Å². The predicted molar refractivity (Wildman–Crippen MR) is 75.4 cm³/mol. The number of nitrogens with one attached hydrogen (secondary N) is 1. The van der Waals surface area contributed by atoms with Gasteiger partial charge in [-0.1, -0.05) is 11.6 Å². The molecule has 1 aliphatic rings. The van der Waals surface area contributed by atoms with E-state index in [1.54, 1.807) is 6.07 Å². The molecule has 1 N–H and O–H groups in total. The molecule has 2 aromatic rings. The number of fused-ring (bicyclic) bond motifs is 1. The van der Waals surface area contributed by atoms with Crippen LogP contribution in [0.3, 0.4) is 0 Å². The third-order valence-electron chi connectivity index (χ3n) is 3.65. The number of H-pyrrole nitrogens is 1. The average molecular weight is 259 g/mol. The average Bonchev–Trinajstić information content (AvgIpc) is 2.41. The molecule has 0 saturated carbocycles. The first-order valence-electron chi connectivity index (χ1n) is 6.68. The van der Waals surface area contributed by atoms with Crippen LogP contribution in [0.2, 0.25) is 0 Å². The summed E-state index contributed by atoms with van der Waals surface area (Å²) in [6.45, 7) is 3.47. The van der Waals surface area contributed by atoms with Gasteiger partial charge in [-0.05, 0) is 38.3 Å². The molecule has 3 rings (SSSR count). The quantitative estimate of drug-likeness (QED) is 0.835. The molecule has 1 aliphatic heterocycles. The summed E-state index contributed by atoms with van der Waals surface area (Å²) in [5.41, 5.74) is 1.06. The number of piperidine rings is 1. The molecular weight excluding hydrogens is 242 g/mol. The van der Waals surface area contributed by atoms with Crippen molar-refractivity contribution in [2.75, 3.05) is 18.1 Å². The fraction of sp³-hybridized carbons (Fsp3) is 0.429. The van der Waals surface area contributed by atoms with E-state index in [2.05, 4.69) is 4.98 Å². The van der Waals surface area contributed by atoms with Crippen LogP contribution in [0.4, 0.5) is 0 Å². The third-order valence-corrected chi connectivity index (χ3v) is 3.65. The molecule has 19 heavy (non-hydrogen) atoms. The minimum atomic E-state index is -0.344. The van der Waals surface area contributed by atoms with Crippen molar-refractivity contribution in [2.45, 2.75) is 26.2 Å². The Bertz CT molecular complexity index is 724. The fourth-order valence-electron chi connectivity index (χ4n) is 2.65. The maximum absolute atomic E-state index is 12.5. The maximum atomic E-state index is 12.5. The molecule has 0 atom stereocenters. The van der Waals surface area contributed by atoms with Gasteiger partial charge in [0.05, 0.1) is 10.9 Å². The zero-order valence-corrected chi connectivity index (χ0v) is 11.0. The molecule has 0 spiro atoms. The Hall–Kier alpha value is -2.04. The molecule has 2 heterocycles. The molecular formula is C14H17N3O2. The molecule has 0 amide bonds. The Labute approximate surface area is 110 Å². The number of hydrogen-bond acceptors (Lipinski definition) is 3. The number of nitrogens with zero attached hydrogens (tertiary/aromatic N) is 2. The first-order valence-corrected chi connectivity index (χ1v) is 6.68. The van der Waals surface area contributed by atoms with E-state index >= 15 is 0 Å². The summed E-state index contributed by atoms with van der Waals surface area (Å²) in [7, 11) is 0. The van der Waals surface area contributed by atoms with E-state index in [-0.39, 0.29) is 11.2 Å². The van der Waals surface area contributed by atoms with Crippen molar-refractivity contribution >= 4 is 10.9 Å². The lowest BCUT2D eigenvalue weighted by atomic mass is 10.1. The number of aromatic nitrogens is 2. The van der Waals surface area contributed by atoms with E-state index in [4.69, 9.17) is 0 Å². The van der Waals surface area contributed by atoms with Gasteiger partial charge in [0.2, 0.25) is 0 Å². The number of benzene rings is 1. The van der Waals surface area contributed by atoms with E-state index in [0.717, 1.165) is 37.9 Å². The molecule has 1 saturated heterocycles. The number of rotatable bonds is 1. The van der Waals surface area contributed by atoms with Crippen LogP contribution in [0.15, 0.2) is 27.8 Å². The van der Waals surface area contributed by atoms with Gasteiger partial charge in [0, 0.05) is 13.1 Å². The Morgan fingerprint density at radius 3 is 2.58 bits per heavy atom. The van der Waals surface area contributed by atoms with E-state index in [0.29, 0.717) is 10.9 Å². The fourth-order valence-corrected chi connectivity index (χ4v) is 2.65. The minimum Gasteiger partial charge on any atom is -0.306 e. The summed E-state index contributed by atoms with van der Waals surface area (Å²) in [5.74, 6) is 0. The highest BCUT2D eigenvalue weighted by Crippen LogP contribution is 2.09. The van der Waals surface area contributed by atoms with Crippen molar-refractivity contribution in [1.29, 1.82) is 0 Å². The molecule has 1 fully saturated rings. The normalized spacial score (nSPS) is 15.9. The summed E-state index contributed by atoms with van der Waals surface area (Å²) >= 11 is 0. The Kier molecular flexibility index (Phi) is 2.89. The lowest BCUT2D eigenvalue weighted by Crippen LogP contribution is -2.52. The van der Waals surface area contributed by atoms with Gasteiger partial charge >= 0.3 is 5.69 Å². The van der Waals surface area contributed by atoms with Crippen LogP contribution in [0.25, 0.3) is 10.9 Å². The van der Waals surface area contributed by atoms with E-state index < -0.39 is 0 Å². The second kappa shape index (κ2) is 4.57. The summed E-state index contributed by atoms with van der Waals surface area (Å²) < 4.78 is 1.26. The van der Waals surface area contributed by atoms with Crippen LogP contribution in [0, 0.1) is 6.92 Å². The SMILES string of the molecule is Cc1ccc2[nH]c(=O)n(N3CCCCC3)c(=O)c2c1. The molecule has 0 bridgehead atoms. The molecule has 5 heteroatoms. The van der Waals surface area contributed by atoms with Gasteiger partial charge in [-0.25, -0.2) is 4.79 Å². The minimum absolute atomic E-state index is 0.218. The zero-order valence-electron chi connectivity index (χ0n) is 11.0. The summed E-state index contributed by atoms with van der Waals surface area (Å²) in [4.78, 5) is 27.4. The first kappa shape index (κ1) is 12.0. The zero-order chi connectivity index (χ0) is 13.4. The van der Waals surface area contributed by atoms with Crippen molar-refractivity contribution in [3.05, 3.63) is 44.6 Å². The molecule has 0 radical (unpaired) electrons. The molecule has 5 nitrogen and oxygen atoms in total. The Morgan fingerprint density at radius 2 is 1.84 bits per heavy atom. The van der Waals surface area contributed by atoms with E-state index in [9.17, 15) is 9.59 Å². The molecule has 100 valence electrons. The van der Waals surface area contributed by atoms with Crippen LogP contribution in [-0.2, 0) is 0 Å². The van der Waals surface area contributed by atoms with Crippen LogP contribution in [0.5, 0.6) is 0 Å². The van der Waals surface area contributed by atoms with Gasteiger partial charge < -0.3 is 9.99 Å². The monoisotopic (exact) mass is 259 g/mol. The number of hydrogen-bond donors (Lipinski definition) is 1. The number of aromatic amines is 1. The van der Waals surface area contributed by atoms with Crippen molar-refractivity contribution in [3.63, 3.8) is 0 Å².